The Morgan fingerprint density at radius 3 is 2.83 bits per heavy atom. The molecular formula is C16H17ClN4OS. The summed E-state index contributed by atoms with van der Waals surface area (Å²) in [6.07, 6.45) is 1.79. The van der Waals surface area contributed by atoms with Crippen LogP contribution >= 0.6 is 24.2 Å². The molecule has 0 radical (unpaired) electrons. The number of pyridine rings is 1. The lowest BCUT2D eigenvalue weighted by Crippen LogP contribution is -1.90. The summed E-state index contributed by atoms with van der Waals surface area (Å²) in [7, 11) is 1.66. The van der Waals surface area contributed by atoms with Crippen molar-refractivity contribution in [1.82, 2.24) is 20.2 Å². The van der Waals surface area contributed by atoms with E-state index in [1.807, 2.05) is 43.3 Å². The molecule has 0 unspecified atom stereocenters. The van der Waals surface area contributed by atoms with Crippen LogP contribution in [0.25, 0.3) is 11.4 Å². The molecular weight excluding hydrogens is 332 g/mol. The van der Waals surface area contributed by atoms with Gasteiger partial charge in [-0.25, -0.2) is 4.98 Å². The number of H-pyrrole nitrogens is 1. The average Bonchev–Trinajstić information content (AvgIpc) is 3.02. The third-order valence-electron chi connectivity index (χ3n) is 3.15. The van der Waals surface area contributed by atoms with Crippen LogP contribution in [-0.4, -0.2) is 27.3 Å². The average molecular weight is 349 g/mol. The fourth-order valence-electron chi connectivity index (χ4n) is 2.05. The Labute approximate surface area is 145 Å². The van der Waals surface area contributed by atoms with Crippen LogP contribution in [-0.2, 0) is 5.75 Å². The molecule has 0 bridgehead atoms. The van der Waals surface area contributed by atoms with Crippen LogP contribution in [0.4, 0.5) is 0 Å². The van der Waals surface area contributed by atoms with E-state index in [-0.39, 0.29) is 12.4 Å². The van der Waals surface area contributed by atoms with Gasteiger partial charge < -0.3 is 4.74 Å². The smallest absolute Gasteiger partial charge is 0.209 e. The normalized spacial score (nSPS) is 10.2. The first kappa shape index (κ1) is 17.3. The molecule has 0 fully saturated rings. The Bertz CT molecular complexity index is 764. The van der Waals surface area contributed by atoms with Crippen molar-refractivity contribution in [3.8, 4) is 17.1 Å². The first-order valence-corrected chi connectivity index (χ1v) is 7.85. The summed E-state index contributed by atoms with van der Waals surface area (Å²) in [5, 5.41) is 7.92. The molecule has 23 heavy (non-hydrogen) atoms. The van der Waals surface area contributed by atoms with Crippen molar-refractivity contribution >= 4 is 24.2 Å². The molecule has 0 saturated heterocycles. The lowest BCUT2D eigenvalue weighted by atomic mass is 10.1. The van der Waals surface area contributed by atoms with Crippen LogP contribution < -0.4 is 4.74 Å². The van der Waals surface area contributed by atoms with Gasteiger partial charge in [0, 0.05) is 11.9 Å². The maximum absolute atomic E-state index is 5.41. The number of benzene rings is 1. The van der Waals surface area contributed by atoms with Crippen LogP contribution in [0.2, 0.25) is 0 Å². The van der Waals surface area contributed by atoms with E-state index in [1.165, 1.54) is 0 Å². The topological polar surface area (TPSA) is 63.7 Å². The number of thioether (sulfide) groups is 1. The number of methoxy groups -OCH3 is 1. The Morgan fingerprint density at radius 1 is 1.22 bits per heavy atom. The van der Waals surface area contributed by atoms with E-state index in [9.17, 15) is 0 Å². The van der Waals surface area contributed by atoms with Gasteiger partial charge in [-0.1, -0.05) is 23.9 Å². The Balaban J connectivity index is 0.00000192. The Morgan fingerprint density at radius 2 is 2.09 bits per heavy atom. The molecule has 0 atom stereocenters. The summed E-state index contributed by atoms with van der Waals surface area (Å²) in [4.78, 5) is 8.81. The van der Waals surface area contributed by atoms with Gasteiger partial charge >= 0.3 is 0 Å². The lowest BCUT2D eigenvalue weighted by Gasteiger charge is -2.06. The lowest BCUT2D eigenvalue weighted by molar-refractivity contribution is 0.416. The second-order valence-electron chi connectivity index (χ2n) is 4.78. The van der Waals surface area contributed by atoms with Gasteiger partial charge in [0.15, 0.2) is 5.82 Å². The number of aromatic nitrogens is 4. The molecule has 0 amide bonds. The summed E-state index contributed by atoms with van der Waals surface area (Å²) in [6.45, 7) is 2.03. The number of ether oxygens (including phenoxy) is 1. The minimum absolute atomic E-state index is 0. The molecule has 2 aromatic heterocycles. The highest BCUT2D eigenvalue weighted by atomic mass is 35.5. The number of aromatic amines is 1. The quantitative estimate of drug-likeness (QED) is 0.708. The molecule has 0 aliphatic carbocycles. The van der Waals surface area contributed by atoms with Gasteiger partial charge in [-0.15, -0.1) is 17.5 Å². The fraction of sp³-hybridized carbons (Fsp3) is 0.188. The van der Waals surface area contributed by atoms with Gasteiger partial charge in [0.25, 0.3) is 0 Å². The highest BCUT2D eigenvalue weighted by molar-refractivity contribution is 7.98. The second kappa shape index (κ2) is 7.99. The number of hydrogen-bond donors (Lipinski definition) is 1. The van der Waals surface area contributed by atoms with Crippen LogP contribution in [0.1, 0.15) is 11.3 Å². The zero-order valence-corrected chi connectivity index (χ0v) is 14.4. The van der Waals surface area contributed by atoms with Gasteiger partial charge in [0.05, 0.1) is 18.4 Å². The summed E-state index contributed by atoms with van der Waals surface area (Å²) in [6, 6.07) is 11.9. The minimum atomic E-state index is 0. The largest absolute Gasteiger partial charge is 0.496 e. The molecule has 2 heterocycles. The van der Waals surface area contributed by atoms with E-state index in [0.29, 0.717) is 11.0 Å². The number of nitrogens with one attached hydrogen (secondary N) is 1. The van der Waals surface area contributed by atoms with Crippen LogP contribution in [0.5, 0.6) is 5.75 Å². The standard InChI is InChI=1S/C16H16N4OS.ClH/c1-11-6-7-13(14(9-11)21-2)15-18-16(20-19-15)22-10-12-5-3-4-8-17-12;/h3-9H,10H2,1-2H3,(H,18,19,20);1H. The highest BCUT2D eigenvalue weighted by Crippen LogP contribution is 2.29. The van der Waals surface area contributed by atoms with Crippen molar-refractivity contribution in [3.63, 3.8) is 0 Å². The number of rotatable bonds is 5. The molecule has 0 aliphatic heterocycles. The molecule has 1 aromatic carbocycles. The maximum atomic E-state index is 5.41. The molecule has 0 spiro atoms. The molecule has 120 valence electrons. The van der Waals surface area contributed by atoms with Crippen molar-refractivity contribution < 1.29 is 4.74 Å². The maximum Gasteiger partial charge on any atom is 0.209 e. The molecule has 5 nitrogen and oxygen atoms in total. The zero-order valence-electron chi connectivity index (χ0n) is 12.8. The van der Waals surface area contributed by atoms with Gasteiger partial charge in [-0.2, -0.15) is 0 Å². The van der Waals surface area contributed by atoms with E-state index in [1.54, 1.807) is 25.1 Å². The van der Waals surface area contributed by atoms with Crippen molar-refractivity contribution in [2.45, 2.75) is 17.8 Å². The molecule has 7 heteroatoms. The molecule has 3 rings (SSSR count). The van der Waals surface area contributed by atoms with Crippen molar-refractivity contribution in [3.05, 3.63) is 53.9 Å². The Hall–Kier alpha value is -2.05. The van der Waals surface area contributed by atoms with Gasteiger partial charge in [-0.3, -0.25) is 10.1 Å². The minimum Gasteiger partial charge on any atom is -0.496 e. The molecule has 1 N–H and O–H groups in total. The van der Waals surface area contributed by atoms with E-state index in [4.69, 9.17) is 4.74 Å². The van der Waals surface area contributed by atoms with Gasteiger partial charge in [-0.05, 0) is 36.8 Å². The number of aryl methyl sites for hydroxylation is 1. The fourth-order valence-corrected chi connectivity index (χ4v) is 2.76. The number of halogens is 1. The monoisotopic (exact) mass is 348 g/mol. The summed E-state index contributed by atoms with van der Waals surface area (Å²) >= 11 is 1.55. The molecule has 0 aliphatic rings. The summed E-state index contributed by atoms with van der Waals surface area (Å²) in [5.74, 6) is 2.24. The number of hydrogen-bond acceptors (Lipinski definition) is 5. The second-order valence-corrected chi connectivity index (χ2v) is 5.72. The third kappa shape index (κ3) is 4.24. The van der Waals surface area contributed by atoms with Crippen molar-refractivity contribution in [2.24, 2.45) is 0 Å². The van der Waals surface area contributed by atoms with Crippen LogP contribution in [0.15, 0.2) is 47.8 Å². The third-order valence-corrected chi connectivity index (χ3v) is 4.03. The molecule has 0 saturated carbocycles. The molecule has 3 aromatic rings. The van der Waals surface area contributed by atoms with E-state index >= 15 is 0 Å². The first-order valence-electron chi connectivity index (χ1n) is 6.86. The van der Waals surface area contributed by atoms with Crippen molar-refractivity contribution in [1.29, 1.82) is 0 Å². The zero-order chi connectivity index (χ0) is 15.4. The van der Waals surface area contributed by atoms with E-state index in [2.05, 4.69) is 20.2 Å². The number of nitrogens with zero attached hydrogens (tertiary/aromatic N) is 3. The van der Waals surface area contributed by atoms with Crippen LogP contribution in [0, 0.1) is 6.92 Å². The van der Waals surface area contributed by atoms with Gasteiger partial charge in [0.2, 0.25) is 5.16 Å². The predicted molar refractivity (Wildman–Crippen MR) is 94.2 cm³/mol. The summed E-state index contributed by atoms with van der Waals surface area (Å²) in [5.41, 5.74) is 3.06. The first-order chi connectivity index (χ1) is 10.8. The highest BCUT2D eigenvalue weighted by Gasteiger charge is 2.11. The van der Waals surface area contributed by atoms with E-state index in [0.717, 1.165) is 28.3 Å². The van der Waals surface area contributed by atoms with Gasteiger partial charge in [0.1, 0.15) is 5.75 Å². The SMILES string of the molecule is COc1cc(C)ccc1-c1nc(SCc2ccccn2)n[nH]1.Cl. The predicted octanol–water partition coefficient (Wildman–Crippen LogP) is 3.90. The summed E-state index contributed by atoms with van der Waals surface area (Å²) < 4.78 is 5.41. The van der Waals surface area contributed by atoms with E-state index < -0.39 is 0 Å². The van der Waals surface area contributed by atoms with Crippen molar-refractivity contribution in [2.75, 3.05) is 7.11 Å². The van der Waals surface area contributed by atoms with Crippen LogP contribution in [0.3, 0.4) is 0 Å². The Kier molecular flexibility index (Phi) is 6.01.